The number of fused-ring (bicyclic) bond motifs is 10. The maximum absolute atomic E-state index is 2.54. The second-order valence-corrected chi connectivity index (χ2v) is 29.1. The minimum absolute atomic E-state index is 0.731. The van der Waals surface area contributed by atoms with Crippen molar-refractivity contribution in [2.24, 2.45) is 0 Å². The van der Waals surface area contributed by atoms with Gasteiger partial charge in [0.15, 0.2) is 0 Å². The molecule has 2 aliphatic rings. The summed E-state index contributed by atoms with van der Waals surface area (Å²) in [7, 11) is 0. The van der Waals surface area contributed by atoms with Gasteiger partial charge in [0.05, 0.1) is 5.41 Å². The lowest BCUT2D eigenvalue weighted by molar-refractivity contribution is 0.794. The van der Waals surface area contributed by atoms with Crippen LogP contribution in [-0.2, 0) is 5.41 Å². The topological polar surface area (TPSA) is 13.0 Å². The first-order valence-corrected chi connectivity index (χ1v) is 38.9. The van der Waals surface area contributed by atoms with Gasteiger partial charge in [0.1, 0.15) is 0 Å². The van der Waals surface area contributed by atoms with Gasteiger partial charge in [-0.25, -0.2) is 0 Å². The third-order valence-electron chi connectivity index (χ3n) is 22.6. The van der Waals surface area contributed by atoms with Crippen LogP contribution in [-0.4, -0.2) is 0 Å². The standard InChI is InChI=1S/C109H76N4/c1-9-30-77(31-10-1)81-52-61-92(62-53-81)110(88-38-17-5-18-39-88)96-70-86(71-97(75-96)111(89-40-19-6-20-41-89)93-63-54-82(55-64-93)78-32-11-2-12-33-78)85-60-69-102-101-46-25-27-49-104(101)109(107(102)74-85)105-50-28-26-47-103(105)108-100(48-29-51-106(108)109)87-72-98(112(90-42-21-7-22-43-90)94-65-56-83(57-66-94)79-34-13-3-14-35-79)76-99(73-87)113(91-44-23-8-24-45-91)95-67-58-84(59-68-95)80-36-15-4-16-37-80/h1-76H. The van der Waals surface area contributed by atoms with Crippen LogP contribution in [0.2, 0.25) is 0 Å². The van der Waals surface area contributed by atoms with E-state index in [1.54, 1.807) is 0 Å². The van der Waals surface area contributed by atoms with E-state index in [1.165, 1.54) is 66.8 Å². The molecule has 0 heterocycles. The van der Waals surface area contributed by atoms with Crippen molar-refractivity contribution in [3.8, 4) is 89.0 Å². The molecule has 4 heteroatoms. The molecule has 0 aromatic heterocycles. The van der Waals surface area contributed by atoms with Gasteiger partial charge < -0.3 is 19.6 Å². The molecule has 1 atom stereocenters. The third-order valence-corrected chi connectivity index (χ3v) is 22.6. The first kappa shape index (κ1) is 67.5. The molecule has 4 nitrogen and oxygen atoms in total. The van der Waals surface area contributed by atoms with Crippen molar-refractivity contribution in [3.05, 3.63) is 483 Å². The van der Waals surface area contributed by atoms with Crippen LogP contribution < -0.4 is 19.6 Å². The molecule has 0 aliphatic heterocycles. The number of hydrogen-bond donors (Lipinski definition) is 0. The highest BCUT2D eigenvalue weighted by Gasteiger charge is 2.52. The molecular weight excluding hydrogens is 1370 g/mol. The zero-order valence-electron chi connectivity index (χ0n) is 62.2. The van der Waals surface area contributed by atoms with Gasteiger partial charge in [-0.05, 0) is 251 Å². The molecule has 18 aromatic rings. The Morgan fingerprint density at radius 2 is 0.372 bits per heavy atom. The summed E-state index contributed by atoms with van der Waals surface area (Å²) >= 11 is 0. The van der Waals surface area contributed by atoms with Crippen LogP contribution in [0.4, 0.5) is 68.2 Å². The van der Waals surface area contributed by atoms with Crippen molar-refractivity contribution in [2.75, 3.05) is 19.6 Å². The van der Waals surface area contributed by atoms with Gasteiger partial charge >= 0.3 is 0 Å². The molecule has 1 spiro atoms. The molecule has 18 aromatic carbocycles. The number of benzene rings is 18. The van der Waals surface area contributed by atoms with Gasteiger partial charge in [0.2, 0.25) is 0 Å². The fourth-order valence-corrected chi connectivity index (χ4v) is 17.5. The molecular formula is C109H76N4. The molecule has 20 rings (SSSR count). The van der Waals surface area contributed by atoms with E-state index in [0.29, 0.717) is 0 Å². The third kappa shape index (κ3) is 12.4. The first-order chi connectivity index (χ1) is 56.0. The minimum atomic E-state index is -0.731. The van der Waals surface area contributed by atoms with E-state index in [1.807, 2.05) is 0 Å². The van der Waals surface area contributed by atoms with Crippen molar-refractivity contribution in [3.63, 3.8) is 0 Å². The molecule has 0 fully saturated rings. The molecule has 1 unspecified atom stereocenters. The highest BCUT2D eigenvalue weighted by molar-refractivity contribution is 6.02. The zero-order chi connectivity index (χ0) is 75.0. The number of hydrogen-bond acceptors (Lipinski definition) is 4. The SMILES string of the molecule is c1ccc(-c2ccc(N(c3ccccc3)c3cc(-c4ccc5c(c4)C4(c6ccccc6-5)c5ccccc5-c5c(-c6cc(N(c7ccccc7)c7ccc(-c8ccccc8)cc7)cc(N(c7ccccc7)c7ccc(-c8ccccc8)cc7)c6)cccc54)cc(N(c4ccccc4)c4ccc(-c5ccccc5)cc4)c3)cc2)cc1. The molecule has 0 saturated heterocycles. The van der Waals surface area contributed by atoms with Crippen molar-refractivity contribution >= 4 is 68.2 Å². The van der Waals surface area contributed by atoms with Crippen LogP contribution in [0.25, 0.3) is 89.0 Å². The molecule has 0 radical (unpaired) electrons. The van der Waals surface area contributed by atoms with Crippen LogP contribution in [0.15, 0.2) is 461 Å². The van der Waals surface area contributed by atoms with E-state index in [0.717, 1.165) is 113 Å². The van der Waals surface area contributed by atoms with Gasteiger partial charge in [0.25, 0.3) is 0 Å². The van der Waals surface area contributed by atoms with Crippen molar-refractivity contribution < 1.29 is 0 Å². The average molecular weight is 1440 g/mol. The number of anilines is 12. The summed E-state index contributed by atoms with van der Waals surface area (Å²) in [5.74, 6) is 0. The normalized spacial score (nSPS) is 12.8. The van der Waals surface area contributed by atoms with Crippen molar-refractivity contribution in [2.45, 2.75) is 5.41 Å². The second-order valence-electron chi connectivity index (χ2n) is 29.1. The maximum Gasteiger partial charge on any atom is 0.0725 e. The first-order valence-electron chi connectivity index (χ1n) is 38.9. The minimum Gasteiger partial charge on any atom is -0.310 e. The smallest absolute Gasteiger partial charge is 0.0725 e. The monoisotopic (exact) mass is 1440 g/mol. The van der Waals surface area contributed by atoms with E-state index in [4.69, 9.17) is 0 Å². The van der Waals surface area contributed by atoms with E-state index in [2.05, 4.69) is 481 Å². The van der Waals surface area contributed by atoms with E-state index < -0.39 is 5.41 Å². The lowest BCUT2D eigenvalue weighted by Crippen LogP contribution is -2.25. The average Bonchev–Trinajstić information content (AvgIpc) is 1.50. The Morgan fingerprint density at radius 1 is 0.124 bits per heavy atom. The molecule has 0 bridgehead atoms. The Kier molecular flexibility index (Phi) is 17.5. The van der Waals surface area contributed by atoms with E-state index in [9.17, 15) is 0 Å². The number of para-hydroxylation sites is 4. The van der Waals surface area contributed by atoms with Crippen molar-refractivity contribution in [1.29, 1.82) is 0 Å². The Balaban J connectivity index is 0.799. The second kappa shape index (κ2) is 29.3. The summed E-state index contributed by atoms with van der Waals surface area (Å²) < 4.78 is 0. The molecule has 2 aliphatic carbocycles. The van der Waals surface area contributed by atoms with Crippen LogP contribution in [0.3, 0.4) is 0 Å². The predicted molar refractivity (Wildman–Crippen MR) is 474 cm³/mol. The van der Waals surface area contributed by atoms with Crippen LogP contribution in [0.5, 0.6) is 0 Å². The van der Waals surface area contributed by atoms with Crippen LogP contribution in [0, 0.1) is 0 Å². The van der Waals surface area contributed by atoms with Crippen LogP contribution in [0.1, 0.15) is 22.3 Å². The highest BCUT2D eigenvalue weighted by atomic mass is 15.2. The summed E-state index contributed by atoms with van der Waals surface area (Å²) in [6.07, 6.45) is 0. The van der Waals surface area contributed by atoms with E-state index in [-0.39, 0.29) is 0 Å². The highest BCUT2D eigenvalue weighted by Crippen LogP contribution is 2.65. The molecule has 0 saturated carbocycles. The summed E-state index contributed by atoms with van der Waals surface area (Å²) in [5, 5.41) is 0. The molecule has 0 N–H and O–H groups in total. The van der Waals surface area contributed by atoms with E-state index >= 15 is 0 Å². The Hall–Kier alpha value is -14.8. The molecule has 532 valence electrons. The maximum atomic E-state index is 2.54. The number of rotatable bonds is 18. The summed E-state index contributed by atoms with van der Waals surface area (Å²) in [4.78, 5) is 9.69. The number of nitrogens with zero attached hydrogens (tertiary/aromatic N) is 4. The Labute approximate surface area is 661 Å². The molecule has 113 heavy (non-hydrogen) atoms. The van der Waals surface area contributed by atoms with Gasteiger partial charge in [-0.3, -0.25) is 0 Å². The van der Waals surface area contributed by atoms with Crippen LogP contribution >= 0.6 is 0 Å². The largest absolute Gasteiger partial charge is 0.310 e. The lowest BCUT2D eigenvalue weighted by Gasteiger charge is -2.32. The lowest BCUT2D eigenvalue weighted by atomic mass is 9.70. The van der Waals surface area contributed by atoms with Gasteiger partial charge in [-0.1, -0.05) is 322 Å². The molecule has 0 amide bonds. The Bertz CT molecular complexity index is 6130. The summed E-state index contributed by atoms with van der Waals surface area (Å²) in [6, 6.07) is 170. The predicted octanol–water partition coefficient (Wildman–Crippen LogP) is 29.9. The van der Waals surface area contributed by atoms with Gasteiger partial charge in [-0.15, -0.1) is 0 Å². The fourth-order valence-electron chi connectivity index (χ4n) is 17.5. The van der Waals surface area contributed by atoms with Gasteiger partial charge in [-0.2, -0.15) is 0 Å². The summed E-state index contributed by atoms with van der Waals surface area (Å²) in [5.41, 5.74) is 35.4. The quantitative estimate of drug-likeness (QED) is 0.0849. The van der Waals surface area contributed by atoms with Gasteiger partial charge in [0, 0.05) is 68.2 Å². The van der Waals surface area contributed by atoms with Crippen molar-refractivity contribution in [1.82, 2.24) is 0 Å². The summed E-state index contributed by atoms with van der Waals surface area (Å²) in [6.45, 7) is 0. The fraction of sp³-hybridized carbons (Fsp3) is 0.00917. The zero-order valence-corrected chi connectivity index (χ0v) is 62.2. The Morgan fingerprint density at radius 3 is 0.726 bits per heavy atom.